The molecule has 2 aromatic carbocycles. The van der Waals surface area contributed by atoms with Crippen molar-refractivity contribution >= 4 is 12.7 Å². The molecule has 22 heavy (non-hydrogen) atoms. The highest BCUT2D eigenvalue weighted by atomic mass is 16.5. The van der Waals surface area contributed by atoms with Crippen LogP contribution in [0.5, 0.6) is 5.75 Å². The van der Waals surface area contributed by atoms with Crippen molar-refractivity contribution in [2.24, 2.45) is 0 Å². The lowest BCUT2D eigenvalue weighted by molar-refractivity contribution is 0.415. The van der Waals surface area contributed by atoms with Gasteiger partial charge in [0.25, 0.3) is 5.56 Å². The Kier molecular flexibility index (Phi) is 3.66. The number of H-pyrrole nitrogens is 1. The molecule has 0 atom stereocenters. The van der Waals surface area contributed by atoms with Crippen LogP contribution in [0.3, 0.4) is 0 Å². The number of hydrogen-bond acceptors (Lipinski definition) is 2. The van der Waals surface area contributed by atoms with Crippen molar-refractivity contribution < 1.29 is 4.74 Å². The quantitative estimate of drug-likeness (QED) is 0.793. The number of para-hydroxylation sites is 1. The second-order valence-electron chi connectivity index (χ2n) is 4.90. The highest BCUT2D eigenvalue weighted by molar-refractivity contribution is 5.50. The molecule has 0 aliphatic rings. The number of nitrogens with zero attached hydrogens (tertiary/aromatic N) is 1. The van der Waals surface area contributed by atoms with E-state index >= 15 is 0 Å². The number of hydrogen-bond donors (Lipinski definition) is 1. The normalized spacial score (nSPS) is 11.6. The van der Waals surface area contributed by atoms with Crippen LogP contribution in [0.4, 0.5) is 0 Å². The average molecular weight is 292 g/mol. The van der Waals surface area contributed by atoms with E-state index in [2.05, 4.69) is 11.7 Å². The van der Waals surface area contributed by atoms with Crippen molar-refractivity contribution in [2.75, 3.05) is 7.11 Å². The molecule has 3 aromatic rings. The number of methoxy groups -OCH3 is 1. The molecule has 110 valence electrons. The zero-order valence-corrected chi connectivity index (χ0v) is 12.2. The zero-order chi connectivity index (χ0) is 15.5. The van der Waals surface area contributed by atoms with E-state index in [-0.39, 0.29) is 5.56 Å². The first kappa shape index (κ1) is 13.9. The van der Waals surface area contributed by atoms with Gasteiger partial charge in [-0.2, -0.15) is 0 Å². The molecule has 3 rings (SSSR count). The van der Waals surface area contributed by atoms with Gasteiger partial charge in [0, 0.05) is 0 Å². The summed E-state index contributed by atoms with van der Waals surface area (Å²) in [7, 11) is 1.62. The molecule has 0 saturated heterocycles. The third kappa shape index (κ3) is 2.59. The van der Waals surface area contributed by atoms with Gasteiger partial charge in [0.1, 0.15) is 5.75 Å². The molecule has 1 N–H and O–H groups in total. The summed E-state index contributed by atoms with van der Waals surface area (Å²) in [4.78, 5) is 12.6. The minimum Gasteiger partial charge on any atom is -0.497 e. The van der Waals surface area contributed by atoms with Gasteiger partial charge >= 0.3 is 0 Å². The van der Waals surface area contributed by atoms with Crippen LogP contribution in [0, 0.1) is 0 Å². The fourth-order valence-electron chi connectivity index (χ4n) is 2.27. The first-order valence-corrected chi connectivity index (χ1v) is 6.90. The monoisotopic (exact) mass is 292 g/mol. The molecule has 0 bridgehead atoms. The second kappa shape index (κ2) is 5.77. The number of rotatable bonds is 3. The molecule has 4 nitrogen and oxygen atoms in total. The van der Waals surface area contributed by atoms with E-state index in [4.69, 9.17) is 4.74 Å². The van der Waals surface area contributed by atoms with Gasteiger partial charge in [-0.25, -0.2) is 4.68 Å². The Morgan fingerprint density at radius 1 is 1.09 bits per heavy atom. The number of aromatic nitrogens is 2. The summed E-state index contributed by atoms with van der Waals surface area (Å²) in [6, 6.07) is 16.9. The van der Waals surface area contributed by atoms with E-state index in [1.807, 2.05) is 60.7 Å². The molecular formula is C18H16N2O2. The Labute approximate surface area is 127 Å². The van der Waals surface area contributed by atoms with Crippen LogP contribution in [0.1, 0.15) is 5.56 Å². The Bertz CT molecular complexity index is 935. The van der Waals surface area contributed by atoms with Crippen LogP contribution in [0.25, 0.3) is 18.3 Å². The maximum atomic E-state index is 12.6. The molecule has 0 amide bonds. The van der Waals surface area contributed by atoms with Crippen molar-refractivity contribution in [1.29, 1.82) is 0 Å². The second-order valence-corrected chi connectivity index (χ2v) is 4.90. The molecule has 4 heteroatoms. The van der Waals surface area contributed by atoms with Gasteiger partial charge < -0.3 is 4.74 Å². The Balaban J connectivity index is 2.12. The van der Waals surface area contributed by atoms with Crippen LogP contribution < -0.4 is 20.9 Å². The SMILES string of the molecule is C=c1[nH]n(-c2ccccc2)c(=O)/c1=C\c1ccc(OC)cc1. The molecule has 1 heterocycles. The highest BCUT2D eigenvalue weighted by Gasteiger charge is 2.04. The Hall–Kier alpha value is -3.01. The van der Waals surface area contributed by atoms with Crippen molar-refractivity contribution in [3.63, 3.8) is 0 Å². The molecule has 1 aromatic heterocycles. The summed E-state index contributed by atoms with van der Waals surface area (Å²) in [5, 5.41) is 4.15. The van der Waals surface area contributed by atoms with E-state index < -0.39 is 0 Å². The van der Waals surface area contributed by atoms with E-state index in [9.17, 15) is 4.79 Å². The summed E-state index contributed by atoms with van der Waals surface area (Å²) in [5.41, 5.74) is 1.58. The topological polar surface area (TPSA) is 47.0 Å². The zero-order valence-electron chi connectivity index (χ0n) is 12.2. The summed E-state index contributed by atoms with van der Waals surface area (Å²) in [6.07, 6.45) is 1.82. The predicted octanol–water partition coefficient (Wildman–Crippen LogP) is 1.41. The van der Waals surface area contributed by atoms with E-state index in [0.29, 0.717) is 10.6 Å². The third-order valence-corrected chi connectivity index (χ3v) is 3.45. The molecule has 0 spiro atoms. The smallest absolute Gasteiger partial charge is 0.279 e. The molecule has 0 unspecified atom stereocenters. The fraction of sp³-hybridized carbons (Fsp3) is 0.0556. The van der Waals surface area contributed by atoms with Crippen molar-refractivity contribution in [2.45, 2.75) is 0 Å². The van der Waals surface area contributed by atoms with Crippen LogP contribution >= 0.6 is 0 Å². The van der Waals surface area contributed by atoms with Gasteiger partial charge in [0.2, 0.25) is 0 Å². The number of ether oxygens (including phenoxy) is 1. The number of nitrogens with one attached hydrogen (secondary N) is 1. The maximum Gasteiger partial charge on any atom is 0.279 e. The van der Waals surface area contributed by atoms with Crippen LogP contribution in [-0.4, -0.2) is 16.9 Å². The van der Waals surface area contributed by atoms with Crippen molar-refractivity contribution in [3.8, 4) is 11.4 Å². The standard InChI is InChI=1S/C18H16N2O2/c1-13-17(12-14-8-10-16(22-2)11-9-14)18(21)20(19-13)15-6-4-3-5-7-15/h3-12,19H,1H2,2H3/b17-12-. The largest absolute Gasteiger partial charge is 0.497 e. The van der Waals surface area contributed by atoms with Gasteiger partial charge in [0.15, 0.2) is 0 Å². The summed E-state index contributed by atoms with van der Waals surface area (Å²) >= 11 is 0. The average Bonchev–Trinajstić information content (AvgIpc) is 2.84. The molecule has 0 radical (unpaired) electrons. The van der Waals surface area contributed by atoms with E-state index in [1.165, 1.54) is 4.68 Å². The molecular weight excluding hydrogens is 276 g/mol. The number of aromatic amines is 1. The molecule has 0 aliphatic carbocycles. The van der Waals surface area contributed by atoms with Crippen LogP contribution in [0.15, 0.2) is 59.4 Å². The van der Waals surface area contributed by atoms with Crippen LogP contribution in [-0.2, 0) is 0 Å². The third-order valence-electron chi connectivity index (χ3n) is 3.45. The van der Waals surface area contributed by atoms with Crippen LogP contribution in [0.2, 0.25) is 0 Å². The van der Waals surface area contributed by atoms with Crippen molar-refractivity contribution in [3.05, 3.63) is 81.1 Å². The Morgan fingerprint density at radius 2 is 1.77 bits per heavy atom. The molecule has 0 aliphatic heterocycles. The lowest BCUT2D eigenvalue weighted by atomic mass is 10.2. The lowest BCUT2D eigenvalue weighted by Crippen LogP contribution is -2.33. The van der Waals surface area contributed by atoms with Gasteiger partial charge in [-0.15, -0.1) is 0 Å². The first-order valence-electron chi connectivity index (χ1n) is 6.90. The Morgan fingerprint density at radius 3 is 2.41 bits per heavy atom. The fourth-order valence-corrected chi connectivity index (χ4v) is 2.27. The van der Waals surface area contributed by atoms with Gasteiger partial charge in [0.05, 0.1) is 23.4 Å². The van der Waals surface area contributed by atoms with Gasteiger partial charge in [-0.05, 0) is 35.9 Å². The van der Waals surface area contributed by atoms with E-state index in [1.54, 1.807) is 7.11 Å². The molecule has 0 saturated carbocycles. The maximum absolute atomic E-state index is 12.6. The number of benzene rings is 2. The minimum absolute atomic E-state index is 0.119. The summed E-state index contributed by atoms with van der Waals surface area (Å²) in [6.45, 7) is 3.93. The first-order chi connectivity index (χ1) is 10.7. The van der Waals surface area contributed by atoms with Gasteiger partial charge in [-0.3, -0.25) is 9.89 Å². The highest BCUT2D eigenvalue weighted by Crippen LogP contribution is 2.11. The lowest BCUT2D eigenvalue weighted by Gasteiger charge is -1.99. The predicted molar refractivity (Wildman–Crippen MR) is 87.7 cm³/mol. The minimum atomic E-state index is -0.119. The van der Waals surface area contributed by atoms with Gasteiger partial charge in [-0.1, -0.05) is 36.9 Å². The van der Waals surface area contributed by atoms with E-state index in [0.717, 1.165) is 17.0 Å². The summed E-state index contributed by atoms with van der Waals surface area (Å²) in [5.74, 6) is 0.780. The summed E-state index contributed by atoms with van der Waals surface area (Å²) < 4.78 is 6.63. The molecule has 0 fully saturated rings. The van der Waals surface area contributed by atoms with Crippen molar-refractivity contribution in [1.82, 2.24) is 9.78 Å².